The van der Waals surface area contributed by atoms with Crippen LogP contribution in [-0.4, -0.2) is 12.8 Å². The van der Waals surface area contributed by atoms with Gasteiger partial charge >= 0.3 is 0 Å². The summed E-state index contributed by atoms with van der Waals surface area (Å²) in [5.74, 6) is 0.612. The predicted octanol–water partition coefficient (Wildman–Crippen LogP) is 3.23. The number of hydrogen-bond donors (Lipinski definition) is 0. The van der Waals surface area contributed by atoms with E-state index in [1.54, 1.807) is 7.11 Å². The second-order valence-corrected chi connectivity index (χ2v) is 4.93. The SMILES string of the molecule is CO/N=C1\CCCCC1C(C)(C)C. The first kappa shape index (κ1) is 10.6. The lowest BCUT2D eigenvalue weighted by atomic mass is 9.71. The average molecular weight is 183 g/mol. The molecular formula is C11H21NO. The Bertz CT molecular complexity index is 191. The summed E-state index contributed by atoms with van der Waals surface area (Å²) in [5, 5.41) is 4.15. The second-order valence-electron chi connectivity index (χ2n) is 4.93. The summed E-state index contributed by atoms with van der Waals surface area (Å²) in [7, 11) is 1.64. The Morgan fingerprint density at radius 2 is 2.00 bits per heavy atom. The summed E-state index contributed by atoms with van der Waals surface area (Å²) in [4.78, 5) is 4.89. The molecule has 13 heavy (non-hydrogen) atoms. The van der Waals surface area contributed by atoms with Crippen molar-refractivity contribution in [2.75, 3.05) is 7.11 Å². The van der Waals surface area contributed by atoms with Crippen LogP contribution in [0.2, 0.25) is 0 Å². The lowest BCUT2D eigenvalue weighted by Gasteiger charge is -2.34. The van der Waals surface area contributed by atoms with Crippen LogP contribution >= 0.6 is 0 Å². The molecule has 0 aromatic carbocycles. The van der Waals surface area contributed by atoms with Crippen molar-refractivity contribution in [2.45, 2.75) is 46.5 Å². The van der Waals surface area contributed by atoms with Gasteiger partial charge in [0.2, 0.25) is 0 Å². The molecule has 1 aliphatic rings. The van der Waals surface area contributed by atoms with Gasteiger partial charge in [0.1, 0.15) is 7.11 Å². The second kappa shape index (κ2) is 4.12. The van der Waals surface area contributed by atoms with E-state index in [2.05, 4.69) is 25.9 Å². The fraction of sp³-hybridized carbons (Fsp3) is 0.909. The van der Waals surface area contributed by atoms with E-state index in [1.165, 1.54) is 25.0 Å². The maximum absolute atomic E-state index is 4.89. The molecule has 0 aromatic heterocycles. The maximum Gasteiger partial charge on any atom is 0.106 e. The fourth-order valence-corrected chi connectivity index (χ4v) is 2.15. The summed E-state index contributed by atoms with van der Waals surface area (Å²) in [6, 6.07) is 0. The van der Waals surface area contributed by atoms with Gasteiger partial charge in [-0.1, -0.05) is 32.3 Å². The van der Waals surface area contributed by atoms with Gasteiger partial charge in [-0.3, -0.25) is 0 Å². The lowest BCUT2D eigenvalue weighted by Crippen LogP contribution is -2.31. The molecule has 0 amide bonds. The topological polar surface area (TPSA) is 21.6 Å². The Balaban J connectivity index is 2.73. The van der Waals surface area contributed by atoms with Crippen molar-refractivity contribution < 1.29 is 4.84 Å². The molecule has 0 heterocycles. The standard InChI is InChI=1S/C11H21NO/c1-11(2,3)9-7-5-6-8-10(9)12-13-4/h9H,5-8H2,1-4H3/b12-10+. The first-order valence-corrected chi connectivity index (χ1v) is 5.15. The zero-order chi connectivity index (χ0) is 9.90. The van der Waals surface area contributed by atoms with Crippen LogP contribution in [0.1, 0.15) is 46.5 Å². The number of rotatable bonds is 1. The van der Waals surface area contributed by atoms with E-state index in [0.29, 0.717) is 11.3 Å². The summed E-state index contributed by atoms with van der Waals surface area (Å²) >= 11 is 0. The lowest BCUT2D eigenvalue weighted by molar-refractivity contribution is 0.197. The van der Waals surface area contributed by atoms with Gasteiger partial charge in [0.05, 0.1) is 5.71 Å². The van der Waals surface area contributed by atoms with Crippen LogP contribution < -0.4 is 0 Å². The molecule has 1 rings (SSSR count). The molecule has 0 spiro atoms. The van der Waals surface area contributed by atoms with Crippen LogP contribution in [0.5, 0.6) is 0 Å². The molecule has 1 atom stereocenters. The number of nitrogens with zero attached hydrogens (tertiary/aromatic N) is 1. The van der Waals surface area contributed by atoms with E-state index in [9.17, 15) is 0 Å². The quantitative estimate of drug-likeness (QED) is 0.572. The van der Waals surface area contributed by atoms with Crippen molar-refractivity contribution in [3.8, 4) is 0 Å². The van der Waals surface area contributed by atoms with Crippen LogP contribution in [0.15, 0.2) is 5.16 Å². The van der Waals surface area contributed by atoms with Gasteiger partial charge in [-0.2, -0.15) is 0 Å². The average Bonchev–Trinajstić information content (AvgIpc) is 2.04. The van der Waals surface area contributed by atoms with Gasteiger partial charge < -0.3 is 4.84 Å². The molecule has 76 valence electrons. The Morgan fingerprint density at radius 3 is 2.54 bits per heavy atom. The third kappa shape index (κ3) is 2.71. The van der Waals surface area contributed by atoms with Crippen molar-refractivity contribution in [3.63, 3.8) is 0 Å². The van der Waals surface area contributed by atoms with Gasteiger partial charge in [-0.25, -0.2) is 0 Å². The Hall–Kier alpha value is -0.530. The molecule has 0 saturated heterocycles. The molecule has 2 heteroatoms. The first-order chi connectivity index (χ1) is 6.05. The zero-order valence-corrected chi connectivity index (χ0v) is 9.26. The molecule has 2 nitrogen and oxygen atoms in total. The smallest absolute Gasteiger partial charge is 0.106 e. The monoisotopic (exact) mass is 183 g/mol. The molecule has 0 aliphatic heterocycles. The molecule has 0 radical (unpaired) electrons. The Morgan fingerprint density at radius 1 is 1.31 bits per heavy atom. The predicted molar refractivity (Wildman–Crippen MR) is 55.9 cm³/mol. The van der Waals surface area contributed by atoms with E-state index in [-0.39, 0.29) is 0 Å². The Labute approximate surface area is 81.3 Å². The highest BCUT2D eigenvalue weighted by Crippen LogP contribution is 2.36. The molecule has 1 unspecified atom stereocenters. The van der Waals surface area contributed by atoms with Crippen LogP contribution in [0.4, 0.5) is 0 Å². The molecule has 1 saturated carbocycles. The summed E-state index contributed by atoms with van der Waals surface area (Å²) in [5.41, 5.74) is 1.60. The molecule has 1 fully saturated rings. The van der Waals surface area contributed by atoms with E-state index < -0.39 is 0 Å². The van der Waals surface area contributed by atoms with Gasteiger partial charge in [0, 0.05) is 5.92 Å². The highest BCUT2D eigenvalue weighted by molar-refractivity contribution is 5.87. The van der Waals surface area contributed by atoms with Crippen molar-refractivity contribution in [3.05, 3.63) is 0 Å². The molecule has 0 aromatic rings. The third-order valence-electron chi connectivity index (χ3n) is 2.83. The summed E-state index contributed by atoms with van der Waals surface area (Å²) < 4.78 is 0. The van der Waals surface area contributed by atoms with Crippen LogP contribution in [0.25, 0.3) is 0 Å². The minimum Gasteiger partial charge on any atom is -0.399 e. The number of oxime groups is 1. The minimum absolute atomic E-state index is 0.331. The molecule has 0 bridgehead atoms. The van der Waals surface area contributed by atoms with Crippen molar-refractivity contribution in [2.24, 2.45) is 16.5 Å². The number of hydrogen-bond acceptors (Lipinski definition) is 2. The molecule has 1 aliphatic carbocycles. The zero-order valence-electron chi connectivity index (χ0n) is 9.26. The molecular weight excluding hydrogens is 162 g/mol. The fourth-order valence-electron chi connectivity index (χ4n) is 2.15. The van der Waals surface area contributed by atoms with Crippen LogP contribution in [0, 0.1) is 11.3 Å². The van der Waals surface area contributed by atoms with Crippen molar-refractivity contribution >= 4 is 5.71 Å². The van der Waals surface area contributed by atoms with Gasteiger partial charge in [0.25, 0.3) is 0 Å². The van der Waals surface area contributed by atoms with Crippen molar-refractivity contribution in [1.29, 1.82) is 0 Å². The van der Waals surface area contributed by atoms with Gasteiger partial charge in [-0.05, 0) is 24.7 Å². The van der Waals surface area contributed by atoms with Crippen LogP contribution in [-0.2, 0) is 4.84 Å². The van der Waals surface area contributed by atoms with E-state index in [0.717, 1.165) is 6.42 Å². The van der Waals surface area contributed by atoms with Gasteiger partial charge in [-0.15, -0.1) is 0 Å². The normalized spacial score (nSPS) is 27.7. The first-order valence-electron chi connectivity index (χ1n) is 5.15. The third-order valence-corrected chi connectivity index (χ3v) is 2.83. The largest absolute Gasteiger partial charge is 0.399 e. The van der Waals surface area contributed by atoms with E-state index in [4.69, 9.17) is 4.84 Å². The van der Waals surface area contributed by atoms with Crippen molar-refractivity contribution in [1.82, 2.24) is 0 Å². The van der Waals surface area contributed by atoms with Gasteiger partial charge in [0.15, 0.2) is 0 Å². The highest BCUT2D eigenvalue weighted by Gasteiger charge is 2.31. The highest BCUT2D eigenvalue weighted by atomic mass is 16.6. The van der Waals surface area contributed by atoms with E-state index in [1.807, 2.05) is 0 Å². The van der Waals surface area contributed by atoms with Crippen LogP contribution in [0.3, 0.4) is 0 Å². The summed E-state index contributed by atoms with van der Waals surface area (Å²) in [6.07, 6.45) is 5.00. The maximum atomic E-state index is 4.89. The van der Waals surface area contributed by atoms with E-state index >= 15 is 0 Å². The minimum atomic E-state index is 0.331. The summed E-state index contributed by atoms with van der Waals surface area (Å²) in [6.45, 7) is 6.86. The Kier molecular flexibility index (Phi) is 3.34. The molecule has 0 N–H and O–H groups in total.